The Morgan fingerprint density at radius 3 is 2.42 bits per heavy atom. The summed E-state index contributed by atoms with van der Waals surface area (Å²) < 4.78 is 15.9. The van der Waals surface area contributed by atoms with E-state index in [1.807, 2.05) is 13.8 Å². The highest BCUT2D eigenvalue weighted by Gasteiger charge is 2.42. The zero-order valence-corrected chi connectivity index (χ0v) is 11.7. The van der Waals surface area contributed by atoms with Gasteiger partial charge in [0.2, 0.25) is 11.8 Å². The van der Waals surface area contributed by atoms with Crippen molar-refractivity contribution < 1.29 is 19.3 Å². The number of hydrogen-bond donors (Lipinski definition) is 1. The Labute approximate surface area is 112 Å². The number of rotatable bonds is 3. The molecule has 19 heavy (non-hydrogen) atoms. The number of methoxy groups -OCH3 is 2. The third kappa shape index (κ3) is 2.79. The fraction of sp³-hybridized carbons (Fsp3) is 0.692. The summed E-state index contributed by atoms with van der Waals surface area (Å²) >= 11 is 0. The minimum atomic E-state index is -1.08. The van der Waals surface area contributed by atoms with Crippen LogP contribution in [0.15, 0.2) is 6.20 Å². The minimum absolute atomic E-state index is 0.0395. The SMILES string of the molecule is COc1cnc(C2(O)CC(C)OC(C)C2)c(OC)n1. The summed E-state index contributed by atoms with van der Waals surface area (Å²) in [5.74, 6) is 0.653. The zero-order valence-electron chi connectivity index (χ0n) is 11.7. The van der Waals surface area contributed by atoms with Crippen LogP contribution < -0.4 is 9.47 Å². The van der Waals surface area contributed by atoms with E-state index in [-0.39, 0.29) is 12.2 Å². The molecule has 0 aliphatic carbocycles. The van der Waals surface area contributed by atoms with Crippen molar-refractivity contribution in [2.24, 2.45) is 0 Å². The van der Waals surface area contributed by atoms with Gasteiger partial charge in [-0.25, -0.2) is 4.98 Å². The van der Waals surface area contributed by atoms with Crippen molar-refractivity contribution in [3.63, 3.8) is 0 Å². The molecule has 0 bridgehead atoms. The highest BCUT2D eigenvalue weighted by molar-refractivity contribution is 5.28. The topological polar surface area (TPSA) is 73.7 Å². The van der Waals surface area contributed by atoms with Crippen LogP contribution in [0.3, 0.4) is 0 Å². The van der Waals surface area contributed by atoms with Gasteiger partial charge in [0.1, 0.15) is 11.3 Å². The van der Waals surface area contributed by atoms with E-state index in [4.69, 9.17) is 14.2 Å². The molecule has 1 aliphatic heterocycles. The van der Waals surface area contributed by atoms with E-state index in [2.05, 4.69) is 9.97 Å². The van der Waals surface area contributed by atoms with Crippen molar-refractivity contribution >= 4 is 0 Å². The zero-order chi connectivity index (χ0) is 14.0. The summed E-state index contributed by atoms with van der Waals surface area (Å²) in [6, 6.07) is 0. The van der Waals surface area contributed by atoms with E-state index in [1.54, 1.807) is 0 Å². The van der Waals surface area contributed by atoms with Gasteiger partial charge in [-0.05, 0) is 13.8 Å². The van der Waals surface area contributed by atoms with Crippen molar-refractivity contribution in [1.29, 1.82) is 0 Å². The fourth-order valence-electron chi connectivity index (χ4n) is 2.64. The van der Waals surface area contributed by atoms with E-state index >= 15 is 0 Å². The smallest absolute Gasteiger partial charge is 0.241 e. The minimum Gasteiger partial charge on any atom is -0.480 e. The van der Waals surface area contributed by atoms with Crippen molar-refractivity contribution in [2.45, 2.75) is 44.5 Å². The molecule has 2 rings (SSSR count). The van der Waals surface area contributed by atoms with Crippen molar-refractivity contribution in [3.8, 4) is 11.8 Å². The van der Waals surface area contributed by atoms with Crippen molar-refractivity contribution in [2.75, 3.05) is 14.2 Å². The highest BCUT2D eigenvalue weighted by Crippen LogP contribution is 2.39. The van der Waals surface area contributed by atoms with Crippen LogP contribution in [0.5, 0.6) is 11.8 Å². The monoisotopic (exact) mass is 268 g/mol. The lowest BCUT2D eigenvalue weighted by atomic mass is 9.85. The van der Waals surface area contributed by atoms with E-state index in [1.165, 1.54) is 20.4 Å². The first-order valence-corrected chi connectivity index (χ1v) is 6.32. The maximum absolute atomic E-state index is 10.9. The lowest BCUT2D eigenvalue weighted by Crippen LogP contribution is -2.42. The normalized spacial score (nSPS) is 31.0. The van der Waals surface area contributed by atoms with Gasteiger partial charge in [0.15, 0.2) is 0 Å². The van der Waals surface area contributed by atoms with Crippen LogP contribution in [0.1, 0.15) is 32.4 Å². The average Bonchev–Trinajstić information content (AvgIpc) is 2.36. The van der Waals surface area contributed by atoms with Crippen LogP contribution >= 0.6 is 0 Å². The van der Waals surface area contributed by atoms with Crippen molar-refractivity contribution in [3.05, 3.63) is 11.9 Å². The first-order valence-electron chi connectivity index (χ1n) is 6.32. The summed E-state index contributed by atoms with van der Waals surface area (Å²) in [7, 11) is 3.01. The molecule has 0 radical (unpaired) electrons. The predicted octanol–water partition coefficient (Wildman–Crippen LogP) is 1.27. The maximum Gasteiger partial charge on any atom is 0.241 e. The van der Waals surface area contributed by atoms with Gasteiger partial charge < -0.3 is 19.3 Å². The Hall–Kier alpha value is -1.40. The molecule has 2 atom stereocenters. The quantitative estimate of drug-likeness (QED) is 0.890. The standard InChI is InChI=1S/C13H20N2O4/c1-8-5-13(16,6-9(2)19-8)11-12(18-4)15-10(17-3)7-14-11/h7-9,16H,5-6H2,1-4H3. The Morgan fingerprint density at radius 1 is 1.26 bits per heavy atom. The van der Waals surface area contributed by atoms with Gasteiger partial charge in [-0.3, -0.25) is 0 Å². The van der Waals surface area contributed by atoms with Gasteiger partial charge in [-0.1, -0.05) is 0 Å². The summed E-state index contributed by atoms with van der Waals surface area (Å²) in [5.41, 5.74) is -0.639. The third-order valence-corrected chi connectivity index (χ3v) is 3.28. The number of hydrogen-bond acceptors (Lipinski definition) is 6. The molecule has 1 aromatic rings. The number of ether oxygens (including phenoxy) is 3. The molecule has 1 aliphatic rings. The second-order valence-corrected chi connectivity index (χ2v) is 4.97. The molecule has 6 heteroatoms. The second-order valence-electron chi connectivity index (χ2n) is 4.97. The first kappa shape index (κ1) is 14.0. The Bertz CT molecular complexity index is 442. The van der Waals surface area contributed by atoms with Crippen LogP contribution in [0.25, 0.3) is 0 Å². The van der Waals surface area contributed by atoms with Gasteiger partial charge in [-0.15, -0.1) is 0 Å². The second kappa shape index (κ2) is 5.30. The van der Waals surface area contributed by atoms with Crippen molar-refractivity contribution in [1.82, 2.24) is 9.97 Å². The van der Waals surface area contributed by atoms with Crippen LogP contribution in [0, 0.1) is 0 Å². The molecular formula is C13H20N2O4. The van der Waals surface area contributed by atoms with E-state index in [0.29, 0.717) is 30.3 Å². The molecule has 1 N–H and O–H groups in total. The van der Waals surface area contributed by atoms with Gasteiger partial charge in [0.05, 0.1) is 32.6 Å². The molecular weight excluding hydrogens is 248 g/mol. The molecule has 2 heterocycles. The summed E-state index contributed by atoms with van der Waals surface area (Å²) in [6.07, 6.45) is 2.34. The molecule has 1 fully saturated rings. The summed E-state index contributed by atoms with van der Waals surface area (Å²) in [6.45, 7) is 3.87. The molecule has 1 aromatic heterocycles. The van der Waals surface area contributed by atoms with Gasteiger partial charge in [-0.2, -0.15) is 4.98 Å². The van der Waals surface area contributed by atoms with E-state index < -0.39 is 5.60 Å². The Morgan fingerprint density at radius 2 is 1.89 bits per heavy atom. The molecule has 1 saturated heterocycles. The molecule has 0 spiro atoms. The molecule has 0 saturated carbocycles. The van der Waals surface area contributed by atoms with E-state index in [0.717, 1.165) is 0 Å². The summed E-state index contributed by atoms with van der Waals surface area (Å²) in [5, 5.41) is 10.9. The van der Waals surface area contributed by atoms with Crippen LogP contribution in [-0.4, -0.2) is 41.5 Å². The number of nitrogens with zero attached hydrogens (tertiary/aromatic N) is 2. The molecule has 6 nitrogen and oxygen atoms in total. The van der Waals surface area contributed by atoms with Crippen LogP contribution in [-0.2, 0) is 10.3 Å². The third-order valence-electron chi connectivity index (χ3n) is 3.28. The van der Waals surface area contributed by atoms with Gasteiger partial charge in [0.25, 0.3) is 0 Å². The lowest BCUT2D eigenvalue weighted by Gasteiger charge is -2.38. The molecule has 0 aromatic carbocycles. The first-order chi connectivity index (χ1) is 8.98. The molecule has 0 amide bonds. The predicted molar refractivity (Wildman–Crippen MR) is 68.3 cm³/mol. The largest absolute Gasteiger partial charge is 0.480 e. The Balaban J connectivity index is 2.39. The average molecular weight is 268 g/mol. The number of aliphatic hydroxyl groups is 1. The van der Waals surface area contributed by atoms with E-state index in [9.17, 15) is 5.11 Å². The highest BCUT2D eigenvalue weighted by atomic mass is 16.5. The summed E-state index contributed by atoms with van der Waals surface area (Å²) in [4.78, 5) is 8.44. The lowest BCUT2D eigenvalue weighted by molar-refractivity contribution is -0.138. The Kier molecular flexibility index (Phi) is 3.91. The van der Waals surface area contributed by atoms with Gasteiger partial charge in [0, 0.05) is 12.8 Å². The number of aromatic nitrogens is 2. The van der Waals surface area contributed by atoms with Gasteiger partial charge >= 0.3 is 0 Å². The molecule has 106 valence electrons. The fourth-order valence-corrected chi connectivity index (χ4v) is 2.64. The van der Waals surface area contributed by atoms with Crippen LogP contribution in [0.2, 0.25) is 0 Å². The molecule has 2 unspecified atom stereocenters. The maximum atomic E-state index is 10.9. The van der Waals surface area contributed by atoms with Crippen LogP contribution in [0.4, 0.5) is 0 Å².